The van der Waals surface area contributed by atoms with Gasteiger partial charge in [-0.2, -0.15) is 9.78 Å². The summed E-state index contributed by atoms with van der Waals surface area (Å²) in [7, 11) is 5.42. The van der Waals surface area contributed by atoms with Gasteiger partial charge in [-0.25, -0.2) is 0 Å². The Morgan fingerprint density at radius 3 is 2.48 bits per heavy atom. The summed E-state index contributed by atoms with van der Waals surface area (Å²) in [5.74, 6) is -0.0176. The molecule has 1 aromatic heterocycles. The van der Waals surface area contributed by atoms with E-state index >= 15 is 0 Å². The van der Waals surface area contributed by atoms with Gasteiger partial charge in [-0.15, -0.1) is 0 Å². The van der Waals surface area contributed by atoms with E-state index in [1.807, 2.05) is 31.2 Å². The van der Waals surface area contributed by atoms with E-state index in [2.05, 4.69) is 12.1 Å². The van der Waals surface area contributed by atoms with E-state index in [1.165, 1.54) is 22.8 Å². The number of ether oxygens (including phenoxy) is 1. The van der Waals surface area contributed by atoms with Crippen molar-refractivity contribution in [1.29, 1.82) is 0 Å². The Bertz CT molecular complexity index is 868. The Morgan fingerprint density at radius 2 is 1.89 bits per heavy atom. The molecule has 2 heterocycles. The number of benzene rings is 1. The lowest BCUT2D eigenvalue weighted by atomic mass is 10.0. The summed E-state index contributed by atoms with van der Waals surface area (Å²) in [4.78, 5) is 28.8. The van der Waals surface area contributed by atoms with Crippen LogP contribution in [0.5, 0.6) is 5.75 Å². The fourth-order valence-electron chi connectivity index (χ4n) is 3.43. The van der Waals surface area contributed by atoms with Gasteiger partial charge >= 0.3 is 0 Å². The lowest BCUT2D eigenvalue weighted by molar-refractivity contribution is -0.885. The Kier molecular flexibility index (Phi) is 5.60. The molecule has 0 saturated carbocycles. The molecular weight excluding hydrogens is 344 g/mol. The number of nitrogens with one attached hydrogen (secondary N) is 1. The molecule has 27 heavy (non-hydrogen) atoms. The quantitative estimate of drug-likeness (QED) is 0.839. The standard InChI is InChI=1S/C20H26N4O3/c1-14-5-7-16(8-6-14)24-18(25)13-17(27-4)19(21-24)20(26)23(3)15-9-11-22(2)12-10-15/h5-8,13,15H,9-12H2,1-4H3/p+1. The van der Waals surface area contributed by atoms with Crippen LogP contribution in [0.3, 0.4) is 0 Å². The van der Waals surface area contributed by atoms with Gasteiger partial charge in [0.25, 0.3) is 11.5 Å². The minimum atomic E-state index is -0.335. The summed E-state index contributed by atoms with van der Waals surface area (Å²) in [6.07, 6.45) is 1.90. The molecule has 7 nitrogen and oxygen atoms in total. The monoisotopic (exact) mass is 371 g/mol. The van der Waals surface area contributed by atoms with Crippen molar-refractivity contribution >= 4 is 5.91 Å². The predicted octanol–water partition coefficient (Wildman–Crippen LogP) is 0.299. The van der Waals surface area contributed by atoms with Gasteiger partial charge < -0.3 is 14.5 Å². The molecule has 1 aromatic carbocycles. The number of methoxy groups -OCH3 is 1. The van der Waals surface area contributed by atoms with Gasteiger partial charge in [0, 0.05) is 25.9 Å². The highest BCUT2D eigenvalue weighted by molar-refractivity contribution is 5.94. The number of carbonyl (C=O) groups excluding carboxylic acids is 1. The third kappa shape index (κ3) is 4.03. The van der Waals surface area contributed by atoms with Crippen molar-refractivity contribution in [1.82, 2.24) is 14.7 Å². The first-order chi connectivity index (χ1) is 12.9. The van der Waals surface area contributed by atoms with E-state index in [0.29, 0.717) is 5.69 Å². The van der Waals surface area contributed by atoms with E-state index in [0.717, 1.165) is 31.5 Å². The average molecular weight is 371 g/mol. The van der Waals surface area contributed by atoms with Crippen LogP contribution in [-0.2, 0) is 0 Å². The molecule has 7 heteroatoms. The molecule has 144 valence electrons. The third-order valence-electron chi connectivity index (χ3n) is 5.27. The molecule has 1 fully saturated rings. The van der Waals surface area contributed by atoms with Gasteiger partial charge in [-0.1, -0.05) is 17.7 Å². The van der Waals surface area contributed by atoms with Crippen molar-refractivity contribution < 1.29 is 14.4 Å². The van der Waals surface area contributed by atoms with E-state index in [4.69, 9.17) is 4.74 Å². The van der Waals surface area contributed by atoms with Crippen LogP contribution in [0.1, 0.15) is 28.9 Å². The Morgan fingerprint density at radius 1 is 1.26 bits per heavy atom. The van der Waals surface area contributed by atoms with Crippen molar-refractivity contribution in [2.24, 2.45) is 0 Å². The molecule has 0 bridgehead atoms. The van der Waals surface area contributed by atoms with E-state index in [-0.39, 0.29) is 29.0 Å². The summed E-state index contributed by atoms with van der Waals surface area (Å²) < 4.78 is 6.54. The normalized spacial score (nSPS) is 19.6. The molecule has 0 aliphatic carbocycles. The summed E-state index contributed by atoms with van der Waals surface area (Å²) in [6.45, 7) is 4.05. The van der Waals surface area contributed by atoms with Gasteiger partial charge in [0.05, 0.1) is 39.0 Å². The number of nitrogens with zero attached hydrogens (tertiary/aromatic N) is 3. The number of hydrogen-bond donors (Lipinski definition) is 1. The summed E-state index contributed by atoms with van der Waals surface area (Å²) in [5.41, 5.74) is 1.53. The van der Waals surface area contributed by atoms with Crippen LogP contribution in [0.4, 0.5) is 0 Å². The van der Waals surface area contributed by atoms with Crippen molar-refractivity contribution in [2.75, 3.05) is 34.3 Å². The third-order valence-corrected chi connectivity index (χ3v) is 5.27. The molecule has 3 rings (SSSR count). The number of amides is 1. The minimum Gasteiger partial charge on any atom is -0.494 e. The fourth-order valence-corrected chi connectivity index (χ4v) is 3.43. The van der Waals surface area contributed by atoms with Crippen LogP contribution in [0.15, 0.2) is 35.1 Å². The molecule has 1 N–H and O–H groups in total. The van der Waals surface area contributed by atoms with Crippen LogP contribution in [-0.4, -0.2) is 60.9 Å². The zero-order valence-corrected chi connectivity index (χ0v) is 16.4. The zero-order chi connectivity index (χ0) is 19.6. The van der Waals surface area contributed by atoms with Crippen molar-refractivity contribution in [3.8, 4) is 11.4 Å². The molecule has 0 atom stereocenters. The summed E-state index contributed by atoms with van der Waals surface area (Å²) in [6, 6.07) is 8.94. The lowest BCUT2D eigenvalue weighted by Gasteiger charge is -2.33. The number of aryl methyl sites for hydroxylation is 1. The number of piperidine rings is 1. The highest BCUT2D eigenvalue weighted by Crippen LogP contribution is 2.19. The molecular formula is C20H27N4O3+. The van der Waals surface area contributed by atoms with Crippen LogP contribution in [0.25, 0.3) is 5.69 Å². The summed E-state index contributed by atoms with van der Waals surface area (Å²) >= 11 is 0. The maximum absolute atomic E-state index is 13.1. The van der Waals surface area contributed by atoms with Crippen molar-refractivity contribution in [3.63, 3.8) is 0 Å². The zero-order valence-electron chi connectivity index (χ0n) is 16.4. The maximum Gasteiger partial charge on any atom is 0.278 e. The predicted molar refractivity (Wildman–Crippen MR) is 103 cm³/mol. The Balaban J connectivity index is 1.95. The topological polar surface area (TPSA) is 68.9 Å². The molecule has 1 saturated heterocycles. The van der Waals surface area contributed by atoms with Gasteiger partial charge in [-0.3, -0.25) is 9.59 Å². The first-order valence-electron chi connectivity index (χ1n) is 9.24. The molecule has 1 aliphatic rings. The second-order valence-corrected chi connectivity index (χ2v) is 7.25. The fraction of sp³-hybridized carbons (Fsp3) is 0.450. The van der Waals surface area contributed by atoms with Gasteiger partial charge in [-0.05, 0) is 19.1 Å². The smallest absolute Gasteiger partial charge is 0.278 e. The molecule has 1 amide bonds. The Hall–Kier alpha value is -2.67. The second kappa shape index (κ2) is 7.92. The second-order valence-electron chi connectivity index (χ2n) is 7.25. The number of rotatable bonds is 4. The molecule has 0 unspecified atom stereocenters. The number of likely N-dealkylation sites (tertiary alicyclic amines) is 1. The van der Waals surface area contributed by atoms with E-state index < -0.39 is 0 Å². The van der Waals surface area contributed by atoms with Gasteiger partial charge in [0.1, 0.15) is 0 Å². The Labute approximate surface area is 159 Å². The van der Waals surface area contributed by atoms with E-state index in [9.17, 15) is 9.59 Å². The highest BCUT2D eigenvalue weighted by Gasteiger charge is 2.29. The van der Waals surface area contributed by atoms with Crippen LogP contribution in [0, 0.1) is 6.92 Å². The van der Waals surface area contributed by atoms with Crippen LogP contribution in [0.2, 0.25) is 0 Å². The van der Waals surface area contributed by atoms with Crippen LogP contribution < -0.4 is 15.2 Å². The van der Waals surface area contributed by atoms with Gasteiger partial charge in [0.2, 0.25) is 0 Å². The lowest BCUT2D eigenvalue weighted by Crippen LogP contribution is -3.10. The number of carbonyl (C=O) groups is 1. The highest BCUT2D eigenvalue weighted by atomic mass is 16.5. The van der Waals surface area contributed by atoms with Gasteiger partial charge in [0.15, 0.2) is 11.4 Å². The average Bonchev–Trinajstić information content (AvgIpc) is 2.68. The van der Waals surface area contributed by atoms with E-state index in [1.54, 1.807) is 11.9 Å². The summed E-state index contributed by atoms with van der Waals surface area (Å²) in [5, 5.41) is 4.36. The van der Waals surface area contributed by atoms with Crippen LogP contribution >= 0.6 is 0 Å². The number of hydrogen-bond acceptors (Lipinski definition) is 4. The largest absolute Gasteiger partial charge is 0.494 e. The first-order valence-corrected chi connectivity index (χ1v) is 9.24. The maximum atomic E-state index is 13.1. The molecule has 2 aromatic rings. The SMILES string of the molecule is COc1cc(=O)n(-c2ccc(C)cc2)nc1C(=O)N(C)C1CC[NH+](C)CC1. The first kappa shape index (κ1) is 19.1. The number of aromatic nitrogens is 2. The molecule has 0 radical (unpaired) electrons. The van der Waals surface area contributed by atoms with Crippen molar-refractivity contribution in [2.45, 2.75) is 25.8 Å². The minimum absolute atomic E-state index is 0.159. The molecule has 1 aliphatic heterocycles. The number of quaternary nitrogens is 1. The van der Waals surface area contributed by atoms with Crippen molar-refractivity contribution in [3.05, 3.63) is 51.9 Å². The molecule has 0 spiro atoms.